The standard InChI is InChI=1S/C22H18BrCl2NO4/c1-29-20-9-15(11-26-19-8-14(22(27)28)4-7-18(19)25)17(23)10-21(20)30-12-13-2-5-16(24)6-3-13/h2-10,26H,11-12H2,1H3,(H,27,28). The minimum atomic E-state index is -1.01. The van der Waals surface area contributed by atoms with E-state index >= 15 is 0 Å². The van der Waals surface area contributed by atoms with E-state index in [2.05, 4.69) is 21.2 Å². The van der Waals surface area contributed by atoms with Gasteiger partial charge in [-0.3, -0.25) is 0 Å². The number of methoxy groups -OCH3 is 1. The largest absolute Gasteiger partial charge is 0.493 e. The third kappa shape index (κ3) is 5.59. The van der Waals surface area contributed by atoms with E-state index in [4.69, 9.17) is 37.8 Å². The maximum Gasteiger partial charge on any atom is 0.335 e. The van der Waals surface area contributed by atoms with Crippen molar-refractivity contribution < 1.29 is 19.4 Å². The van der Waals surface area contributed by atoms with E-state index in [9.17, 15) is 4.79 Å². The molecule has 0 aliphatic heterocycles. The Kier molecular flexibility index (Phi) is 7.48. The lowest BCUT2D eigenvalue weighted by Crippen LogP contribution is -2.05. The number of aromatic carboxylic acids is 1. The van der Waals surface area contributed by atoms with Gasteiger partial charge >= 0.3 is 5.97 Å². The molecule has 0 saturated carbocycles. The van der Waals surface area contributed by atoms with Crippen molar-refractivity contribution in [1.82, 2.24) is 0 Å². The number of anilines is 1. The molecular weight excluding hydrogens is 493 g/mol. The van der Waals surface area contributed by atoms with Crippen LogP contribution in [0.2, 0.25) is 10.0 Å². The molecule has 30 heavy (non-hydrogen) atoms. The van der Waals surface area contributed by atoms with Crippen molar-refractivity contribution in [2.24, 2.45) is 0 Å². The topological polar surface area (TPSA) is 67.8 Å². The van der Waals surface area contributed by atoms with Gasteiger partial charge in [-0.25, -0.2) is 4.79 Å². The smallest absolute Gasteiger partial charge is 0.335 e. The Labute approximate surface area is 192 Å². The van der Waals surface area contributed by atoms with Crippen LogP contribution >= 0.6 is 39.1 Å². The summed E-state index contributed by atoms with van der Waals surface area (Å²) in [6, 6.07) is 15.6. The van der Waals surface area contributed by atoms with Gasteiger partial charge in [0.15, 0.2) is 11.5 Å². The molecule has 5 nitrogen and oxygen atoms in total. The number of hydrogen-bond donors (Lipinski definition) is 2. The number of carboxylic acids is 1. The minimum absolute atomic E-state index is 0.157. The molecule has 0 bridgehead atoms. The molecule has 0 aromatic heterocycles. The van der Waals surface area contributed by atoms with Crippen molar-refractivity contribution in [3.63, 3.8) is 0 Å². The molecule has 156 valence electrons. The van der Waals surface area contributed by atoms with Gasteiger partial charge in [-0.2, -0.15) is 0 Å². The number of carboxylic acid groups (broad SMARTS) is 1. The van der Waals surface area contributed by atoms with Crippen LogP contribution in [0, 0.1) is 0 Å². The number of carbonyl (C=O) groups is 1. The average molecular weight is 511 g/mol. The molecule has 0 amide bonds. The minimum Gasteiger partial charge on any atom is -0.493 e. The van der Waals surface area contributed by atoms with Crippen molar-refractivity contribution >= 4 is 50.8 Å². The average Bonchev–Trinajstić information content (AvgIpc) is 2.73. The fraction of sp³-hybridized carbons (Fsp3) is 0.136. The third-order valence-electron chi connectivity index (χ3n) is 4.32. The van der Waals surface area contributed by atoms with Crippen LogP contribution in [0.1, 0.15) is 21.5 Å². The lowest BCUT2D eigenvalue weighted by molar-refractivity contribution is 0.0697. The number of hydrogen-bond acceptors (Lipinski definition) is 4. The zero-order valence-corrected chi connectivity index (χ0v) is 19.0. The van der Waals surface area contributed by atoms with Crippen LogP contribution in [-0.4, -0.2) is 18.2 Å². The number of benzene rings is 3. The normalized spacial score (nSPS) is 10.5. The quantitative estimate of drug-likeness (QED) is 0.355. The molecule has 0 heterocycles. The number of nitrogens with one attached hydrogen (secondary N) is 1. The lowest BCUT2D eigenvalue weighted by Gasteiger charge is -2.15. The lowest BCUT2D eigenvalue weighted by atomic mass is 10.1. The van der Waals surface area contributed by atoms with Crippen LogP contribution in [0.15, 0.2) is 59.1 Å². The molecule has 3 aromatic rings. The fourth-order valence-corrected chi connectivity index (χ4v) is 3.48. The van der Waals surface area contributed by atoms with Gasteiger partial charge < -0.3 is 19.9 Å². The van der Waals surface area contributed by atoms with Crippen molar-refractivity contribution in [3.8, 4) is 11.5 Å². The summed E-state index contributed by atoms with van der Waals surface area (Å²) in [6.45, 7) is 0.770. The third-order valence-corrected chi connectivity index (χ3v) is 5.64. The second-order valence-electron chi connectivity index (χ2n) is 6.36. The van der Waals surface area contributed by atoms with Gasteiger partial charge in [0.2, 0.25) is 0 Å². The monoisotopic (exact) mass is 509 g/mol. The Hall–Kier alpha value is -2.41. The van der Waals surface area contributed by atoms with Crippen LogP contribution in [0.4, 0.5) is 5.69 Å². The molecule has 0 spiro atoms. The summed E-state index contributed by atoms with van der Waals surface area (Å²) >= 11 is 15.6. The first-order valence-corrected chi connectivity index (χ1v) is 10.4. The number of rotatable bonds is 8. The molecule has 0 saturated heterocycles. The van der Waals surface area contributed by atoms with Gasteiger partial charge in [0.05, 0.1) is 23.4 Å². The summed E-state index contributed by atoms with van der Waals surface area (Å²) in [5.74, 6) is 0.156. The van der Waals surface area contributed by atoms with Crippen molar-refractivity contribution in [2.45, 2.75) is 13.2 Å². The Morgan fingerprint density at radius 1 is 1.07 bits per heavy atom. The van der Waals surface area contributed by atoms with Crippen LogP contribution in [0.3, 0.4) is 0 Å². The predicted octanol–water partition coefficient (Wildman–Crippen LogP) is 6.65. The van der Waals surface area contributed by atoms with Crippen LogP contribution in [0.5, 0.6) is 11.5 Å². The molecular formula is C22H18BrCl2NO4. The molecule has 0 fully saturated rings. The molecule has 3 aromatic carbocycles. The molecule has 0 atom stereocenters. The second kappa shape index (κ2) is 10.1. The molecule has 0 aliphatic carbocycles. The maximum absolute atomic E-state index is 11.2. The van der Waals surface area contributed by atoms with E-state index in [-0.39, 0.29) is 5.56 Å². The van der Waals surface area contributed by atoms with Crippen LogP contribution in [0.25, 0.3) is 0 Å². The number of ether oxygens (including phenoxy) is 2. The van der Waals surface area contributed by atoms with Crippen molar-refractivity contribution in [1.29, 1.82) is 0 Å². The molecule has 0 aliphatic rings. The zero-order chi connectivity index (χ0) is 21.7. The first-order valence-electron chi connectivity index (χ1n) is 8.87. The molecule has 8 heteroatoms. The van der Waals surface area contributed by atoms with Crippen LogP contribution in [-0.2, 0) is 13.2 Å². The van der Waals surface area contributed by atoms with E-state index in [1.54, 1.807) is 13.2 Å². The highest BCUT2D eigenvalue weighted by Gasteiger charge is 2.12. The highest BCUT2D eigenvalue weighted by atomic mass is 79.9. The summed E-state index contributed by atoms with van der Waals surface area (Å²) < 4.78 is 12.2. The Balaban J connectivity index is 1.74. The van der Waals surface area contributed by atoms with E-state index in [0.717, 1.165) is 15.6 Å². The van der Waals surface area contributed by atoms with Gasteiger partial charge in [0, 0.05) is 16.0 Å². The number of halogens is 3. The van der Waals surface area contributed by atoms with Gasteiger partial charge in [-0.15, -0.1) is 0 Å². The Bertz CT molecular complexity index is 1060. The summed E-state index contributed by atoms with van der Waals surface area (Å²) in [5, 5.41) is 13.4. The zero-order valence-electron chi connectivity index (χ0n) is 15.9. The maximum atomic E-state index is 11.2. The fourth-order valence-electron chi connectivity index (χ4n) is 2.71. The predicted molar refractivity (Wildman–Crippen MR) is 122 cm³/mol. The first kappa shape index (κ1) is 22.3. The second-order valence-corrected chi connectivity index (χ2v) is 8.06. The van der Waals surface area contributed by atoms with E-state index < -0.39 is 5.97 Å². The summed E-state index contributed by atoms with van der Waals surface area (Å²) in [7, 11) is 1.57. The summed E-state index contributed by atoms with van der Waals surface area (Å²) in [6.07, 6.45) is 0. The Morgan fingerprint density at radius 2 is 1.80 bits per heavy atom. The highest BCUT2D eigenvalue weighted by Crippen LogP contribution is 2.35. The van der Waals surface area contributed by atoms with E-state index in [1.807, 2.05) is 36.4 Å². The van der Waals surface area contributed by atoms with Crippen molar-refractivity contribution in [3.05, 3.63) is 85.8 Å². The summed E-state index contributed by atoms with van der Waals surface area (Å²) in [4.78, 5) is 11.2. The molecule has 2 N–H and O–H groups in total. The van der Waals surface area contributed by atoms with Crippen molar-refractivity contribution in [2.75, 3.05) is 12.4 Å². The van der Waals surface area contributed by atoms with E-state index in [0.29, 0.717) is 40.4 Å². The molecule has 3 rings (SSSR count). The summed E-state index contributed by atoms with van der Waals surface area (Å²) in [5.41, 5.74) is 2.56. The SMILES string of the molecule is COc1cc(CNc2cc(C(=O)O)ccc2Cl)c(Br)cc1OCc1ccc(Cl)cc1. The van der Waals surface area contributed by atoms with Gasteiger partial charge in [0.1, 0.15) is 6.61 Å². The van der Waals surface area contributed by atoms with Gasteiger partial charge in [0.25, 0.3) is 0 Å². The molecule has 0 radical (unpaired) electrons. The highest BCUT2D eigenvalue weighted by molar-refractivity contribution is 9.10. The molecule has 0 unspecified atom stereocenters. The van der Waals surface area contributed by atoms with Gasteiger partial charge in [-0.1, -0.05) is 51.3 Å². The van der Waals surface area contributed by atoms with E-state index in [1.165, 1.54) is 12.1 Å². The first-order chi connectivity index (χ1) is 14.4. The Morgan fingerprint density at radius 3 is 2.47 bits per heavy atom. The van der Waals surface area contributed by atoms with Gasteiger partial charge in [-0.05, 0) is 53.6 Å². The van der Waals surface area contributed by atoms with Crippen LogP contribution < -0.4 is 14.8 Å².